The highest BCUT2D eigenvalue weighted by atomic mass is 16.7. The van der Waals surface area contributed by atoms with Gasteiger partial charge >= 0.3 is 17.5 Å². The molecule has 9 heteroatoms. The Morgan fingerprint density at radius 3 is 2.23 bits per heavy atom. The lowest BCUT2D eigenvalue weighted by molar-refractivity contribution is -0.422. The van der Waals surface area contributed by atoms with Gasteiger partial charge in [-0.15, -0.1) is 0 Å². The van der Waals surface area contributed by atoms with E-state index in [0.717, 1.165) is 12.1 Å². The van der Waals surface area contributed by atoms with E-state index in [9.17, 15) is 25.0 Å². The maximum absolute atomic E-state index is 10.9. The zero-order valence-corrected chi connectivity index (χ0v) is 10.8. The summed E-state index contributed by atoms with van der Waals surface area (Å²) in [5, 5.41) is 30.4. The second-order valence-electron chi connectivity index (χ2n) is 4.08. The summed E-state index contributed by atoms with van der Waals surface area (Å²) >= 11 is 0. The molecule has 0 spiro atoms. The van der Waals surface area contributed by atoms with Gasteiger partial charge in [0, 0.05) is 17.7 Å². The highest BCUT2D eigenvalue weighted by molar-refractivity contribution is 5.77. The molecule has 1 N–H and O–H groups in total. The Hall–Kier alpha value is -3.49. The van der Waals surface area contributed by atoms with Gasteiger partial charge in [0.05, 0.1) is 9.85 Å². The van der Waals surface area contributed by atoms with Crippen LogP contribution in [0.25, 0.3) is 11.1 Å². The van der Waals surface area contributed by atoms with E-state index in [2.05, 4.69) is 4.74 Å². The molecule has 0 radical (unpaired) electrons. The Balaban J connectivity index is 2.59. The summed E-state index contributed by atoms with van der Waals surface area (Å²) in [5.74, 6) is -0.0295. The van der Waals surface area contributed by atoms with Crippen molar-refractivity contribution in [3.63, 3.8) is 0 Å². The molecule has 0 fully saturated rings. The van der Waals surface area contributed by atoms with Crippen molar-refractivity contribution in [2.24, 2.45) is 0 Å². The molecule has 0 aromatic heterocycles. The van der Waals surface area contributed by atoms with Crippen molar-refractivity contribution in [3.05, 3.63) is 62.7 Å². The van der Waals surface area contributed by atoms with Crippen molar-refractivity contribution in [1.82, 2.24) is 0 Å². The molecule has 0 aliphatic heterocycles. The van der Waals surface area contributed by atoms with Gasteiger partial charge in [-0.2, -0.15) is 0 Å². The molecule has 112 valence electrons. The Labute approximate surface area is 122 Å². The average Bonchev–Trinajstić information content (AvgIpc) is 2.46. The van der Waals surface area contributed by atoms with Crippen molar-refractivity contribution in [2.75, 3.05) is 0 Å². The lowest BCUT2D eigenvalue weighted by atomic mass is 10.0. The molecule has 0 heterocycles. The molecule has 0 saturated carbocycles. The lowest BCUT2D eigenvalue weighted by Gasteiger charge is -2.08. The third-order valence-electron chi connectivity index (χ3n) is 2.76. The molecule has 0 saturated heterocycles. The van der Waals surface area contributed by atoms with E-state index in [1.165, 1.54) is 24.3 Å². The standard InChI is InChI=1S/C13H8N2O7/c16-13(17)22-12-4-2-1-3-9(12)8-5-6-10(14(18)19)11(7-8)15(20)21/h1-7H,(H,16,17). The summed E-state index contributed by atoms with van der Waals surface area (Å²) in [6.07, 6.45) is -1.54. The van der Waals surface area contributed by atoms with Crippen LogP contribution in [0.5, 0.6) is 5.75 Å². The number of carboxylic acid groups (broad SMARTS) is 1. The molecule has 0 bridgehead atoms. The first-order chi connectivity index (χ1) is 10.4. The highest BCUT2D eigenvalue weighted by Gasteiger charge is 2.25. The number of para-hydroxylation sites is 1. The third kappa shape index (κ3) is 2.98. The van der Waals surface area contributed by atoms with Crippen molar-refractivity contribution in [2.45, 2.75) is 0 Å². The van der Waals surface area contributed by atoms with E-state index in [1.807, 2.05) is 0 Å². The van der Waals surface area contributed by atoms with Gasteiger partial charge in [-0.3, -0.25) is 20.2 Å². The maximum Gasteiger partial charge on any atom is 0.511 e. The summed E-state index contributed by atoms with van der Waals surface area (Å²) in [6.45, 7) is 0. The summed E-state index contributed by atoms with van der Waals surface area (Å²) in [6, 6.07) is 9.25. The molecular weight excluding hydrogens is 296 g/mol. The first-order valence-corrected chi connectivity index (χ1v) is 5.83. The topological polar surface area (TPSA) is 133 Å². The molecule has 0 aliphatic carbocycles. The highest BCUT2D eigenvalue weighted by Crippen LogP contribution is 2.35. The van der Waals surface area contributed by atoms with E-state index < -0.39 is 27.4 Å². The minimum Gasteiger partial charge on any atom is -0.449 e. The molecule has 0 amide bonds. The normalized spacial score (nSPS) is 10.0. The van der Waals surface area contributed by atoms with Gasteiger partial charge < -0.3 is 9.84 Å². The summed E-state index contributed by atoms with van der Waals surface area (Å²) in [7, 11) is 0. The van der Waals surface area contributed by atoms with Gasteiger partial charge in [-0.05, 0) is 17.7 Å². The molecule has 9 nitrogen and oxygen atoms in total. The van der Waals surface area contributed by atoms with E-state index in [4.69, 9.17) is 5.11 Å². The molecule has 2 aromatic rings. The molecule has 0 unspecified atom stereocenters. The van der Waals surface area contributed by atoms with Gasteiger partial charge in [-0.25, -0.2) is 4.79 Å². The number of nitrogens with zero attached hydrogens (tertiary/aromatic N) is 2. The van der Waals surface area contributed by atoms with Crippen LogP contribution in [0.15, 0.2) is 42.5 Å². The van der Waals surface area contributed by atoms with Gasteiger partial charge in [-0.1, -0.05) is 18.2 Å². The summed E-state index contributed by atoms with van der Waals surface area (Å²) in [5.41, 5.74) is -0.838. The predicted octanol–water partition coefficient (Wildman–Crippen LogP) is 3.23. The van der Waals surface area contributed by atoms with Gasteiger partial charge in [0.1, 0.15) is 5.75 Å². The van der Waals surface area contributed by atoms with Crippen LogP contribution in [0.3, 0.4) is 0 Å². The number of hydrogen-bond acceptors (Lipinski definition) is 6. The predicted molar refractivity (Wildman–Crippen MR) is 73.8 cm³/mol. The molecule has 2 rings (SSSR count). The lowest BCUT2D eigenvalue weighted by Crippen LogP contribution is -2.04. The SMILES string of the molecule is O=C(O)Oc1ccccc1-c1ccc([N+](=O)[O-])c([N+](=O)[O-])c1. The van der Waals surface area contributed by atoms with Crippen LogP contribution in [0, 0.1) is 20.2 Å². The summed E-state index contributed by atoms with van der Waals surface area (Å²) < 4.78 is 4.59. The molecular formula is C13H8N2O7. The number of nitro benzene ring substituents is 2. The fourth-order valence-corrected chi connectivity index (χ4v) is 1.88. The summed E-state index contributed by atoms with van der Waals surface area (Å²) in [4.78, 5) is 30.7. The molecule has 0 atom stereocenters. The molecule has 22 heavy (non-hydrogen) atoms. The van der Waals surface area contributed by atoms with Crippen molar-refractivity contribution in [1.29, 1.82) is 0 Å². The first-order valence-electron chi connectivity index (χ1n) is 5.83. The van der Waals surface area contributed by atoms with Gasteiger partial charge in [0.2, 0.25) is 0 Å². The Morgan fingerprint density at radius 1 is 1.00 bits per heavy atom. The van der Waals surface area contributed by atoms with Crippen LogP contribution in [-0.2, 0) is 0 Å². The van der Waals surface area contributed by atoms with Crippen molar-refractivity contribution < 1.29 is 24.5 Å². The zero-order valence-electron chi connectivity index (χ0n) is 10.8. The largest absolute Gasteiger partial charge is 0.511 e. The van der Waals surface area contributed by atoms with Crippen molar-refractivity contribution >= 4 is 17.5 Å². The van der Waals surface area contributed by atoms with Gasteiger partial charge in [0.15, 0.2) is 0 Å². The minimum absolute atomic E-state index is 0.0295. The quantitative estimate of drug-likeness (QED) is 0.396. The van der Waals surface area contributed by atoms with E-state index in [-0.39, 0.29) is 16.9 Å². The fraction of sp³-hybridized carbons (Fsp3) is 0. The zero-order chi connectivity index (χ0) is 16.3. The Kier molecular flexibility index (Phi) is 3.98. The number of benzene rings is 2. The average molecular weight is 304 g/mol. The van der Waals surface area contributed by atoms with Crippen LogP contribution in [0.2, 0.25) is 0 Å². The maximum atomic E-state index is 10.9. The van der Waals surface area contributed by atoms with Crippen LogP contribution in [-0.4, -0.2) is 21.1 Å². The Bertz CT molecular complexity index is 773. The number of rotatable bonds is 4. The monoisotopic (exact) mass is 304 g/mol. The smallest absolute Gasteiger partial charge is 0.449 e. The van der Waals surface area contributed by atoms with Crippen LogP contribution in [0.4, 0.5) is 16.2 Å². The van der Waals surface area contributed by atoms with Gasteiger partial charge in [0.25, 0.3) is 0 Å². The number of hydrogen-bond donors (Lipinski definition) is 1. The third-order valence-corrected chi connectivity index (χ3v) is 2.76. The Morgan fingerprint density at radius 2 is 1.64 bits per heavy atom. The van der Waals surface area contributed by atoms with E-state index >= 15 is 0 Å². The van der Waals surface area contributed by atoms with E-state index in [1.54, 1.807) is 6.07 Å². The number of ether oxygens (including phenoxy) is 1. The second-order valence-corrected chi connectivity index (χ2v) is 4.08. The second kappa shape index (κ2) is 5.87. The van der Waals surface area contributed by atoms with Crippen LogP contribution in [0.1, 0.15) is 0 Å². The molecule has 2 aromatic carbocycles. The van der Waals surface area contributed by atoms with Crippen LogP contribution < -0.4 is 4.74 Å². The first kappa shape index (κ1) is 14.9. The van der Waals surface area contributed by atoms with E-state index in [0.29, 0.717) is 0 Å². The van der Waals surface area contributed by atoms with Crippen LogP contribution >= 0.6 is 0 Å². The number of carbonyl (C=O) groups is 1. The van der Waals surface area contributed by atoms with Crippen molar-refractivity contribution in [3.8, 4) is 16.9 Å². The number of nitro groups is 2. The fourth-order valence-electron chi connectivity index (χ4n) is 1.88. The minimum atomic E-state index is -1.54. The molecule has 0 aliphatic rings.